The third kappa shape index (κ3) is 5.87. The van der Waals surface area contributed by atoms with Crippen LogP contribution in [0.3, 0.4) is 0 Å². The zero-order valence-corrected chi connectivity index (χ0v) is 13.8. The number of hydrogen-bond acceptors (Lipinski definition) is 4. The second-order valence-electron chi connectivity index (χ2n) is 5.27. The van der Waals surface area contributed by atoms with Gasteiger partial charge < -0.3 is 11.1 Å². The molecule has 0 saturated carbocycles. The number of hydrogen-bond donors (Lipinski definition) is 2. The Kier molecular flexibility index (Phi) is 7.57. The molecule has 1 amide bonds. The Morgan fingerprint density at radius 3 is 2.35 bits per heavy atom. The maximum absolute atomic E-state index is 12.4. The van der Waals surface area contributed by atoms with Crippen LogP contribution < -0.4 is 11.1 Å². The summed E-state index contributed by atoms with van der Waals surface area (Å²) in [4.78, 5) is 11.5. The summed E-state index contributed by atoms with van der Waals surface area (Å²) in [6.07, 6.45) is 2.80. The van der Waals surface area contributed by atoms with Crippen molar-refractivity contribution in [2.75, 3.05) is 6.54 Å². The summed E-state index contributed by atoms with van der Waals surface area (Å²) in [7, 11) is -4.61. The summed E-state index contributed by atoms with van der Waals surface area (Å²) in [6.45, 7) is 2.39. The topological polar surface area (TPSA) is 89.3 Å². The summed E-state index contributed by atoms with van der Waals surface area (Å²) >= 11 is 0. The first-order chi connectivity index (χ1) is 10.8. The molecule has 1 aromatic carbocycles. The average molecular weight is 348 g/mol. The van der Waals surface area contributed by atoms with Gasteiger partial charge in [-0.15, -0.1) is 0 Å². The molecule has 3 N–H and O–H groups in total. The molecule has 130 valence electrons. The van der Waals surface area contributed by atoms with Crippen LogP contribution in [0.25, 0.3) is 0 Å². The number of sulfone groups is 1. The molecule has 8 heteroatoms. The third-order valence-electron chi connectivity index (χ3n) is 3.41. The van der Waals surface area contributed by atoms with Crippen LogP contribution in [0.4, 0.5) is 8.78 Å². The minimum atomic E-state index is -4.61. The van der Waals surface area contributed by atoms with E-state index in [-0.39, 0.29) is 18.4 Å². The number of halogens is 2. The highest BCUT2D eigenvalue weighted by Gasteiger charge is 2.26. The second kappa shape index (κ2) is 8.93. The van der Waals surface area contributed by atoms with Gasteiger partial charge in [0.2, 0.25) is 15.7 Å². The third-order valence-corrected chi connectivity index (χ3v) is 4.81. The fourth-order valence-electron chi connectivity index (χ4n) is 2.06. The molecule has 0 aliphatic carbocycles. The van der Waals surface area contributed by atoms with E-state index in [1.807, 2.05) is 6.92 Å². The molecule has 0 radical (unpaired) electrons. The van der Waals surface area contributed by atoms with E-state index in [0.717, 1.165) is 31.4 Å². The predicted octanol–water partition coefficient (Wildman–Crippen LogP) is 1.86. The highest BCUT2D eigenvalue weighted by atomic mass is 32.2. The van der Waals surface area contributed by atoms with Crippen molar-refractivity contribution >= 4 is 15.7 Å². The Morgan fingerprint density at radius 1 is 1.26 bits per heavy atom. The molecular formula is C15H22F2N2O3S. The molecule has 23 heavy (non-hydrogen) atoms. The Morgan fingerprint density at radius 2 is 1.87 bits per heavy atom. The van der Waals surface area contributed by atoms with Crippen molar-refractivity contribution < 1.29 is 22.0 Å². The fourth-order valence-corrected chi connectivity index (χ4v) is 2.78. The van der Waals surface area contributed by atoms with Gasteiger partial charge in [-0.2, -0.15) is 8.78 Å². The van der Waals surface area contributed by atoms with E-state index in [0.29, 0.717) is 12.1 Å². The lowest BCUT2D eigenvalue weighted by Crippen LogP contribution is -2.40. The largest absolute Gasteiger partial charge is 0.352 e. The maximum Gasteiger partial charge on any atom is 0.341 e. The Hall–Kier alpha value is -1.54. The molecule has 0 aromatic heterocycles. The van der Waals surface area contributed by atoms with Crippen LogP contribution in [-0.4, -0.2) is 32.7 Å². The van der Waals surface area contributed by atoms with E-state index in [2.05, 4.69) is 5.32 Å². The number of unbranched alkanes of at least 4 members (excludes halogenated alkanes) is 1. The highest BCUT2D eigenvalue weighted by Crippen LogP contribution is 2.18. The summed E-state index contributed by atoms with van der Waals surface area (Å²) in [5.74, 6) is -3.69. The van der Waals surface area contributed by atoms with Crippen LogP contribution in [0.5, 0.6) is 0 Å². The van der Waals surface area contributed by atoms with E-state index in [4.69, 9.17) is 5.73 Å². The van der Waals surface area contributed by atoms with Gasteiger partial charge in [0.05, 0.1) is 11.3 Å². The van der Waals surface area contributed by atoms with E-state index < -0.39 is 20.5 Å². The number of carbonyl (C=O) groups excluding carboxylic acids is 1. The fraction of sp³-hybridized carbons (Fsp3) is 0.533. The van der Waals surface area contributed by atoms with Crippen LogP contribution in [-0.2, 0) is 21.1 Å². The lowest BCUT2D eigenvalue weighted by atomic mass is 10.1. The van der Waals surface area contributed by atoms with Gasteiger partial charge >= 0.3 is 5.76 Å². The molecule has 0 spiro atoms. The summed E-state index contributed by atoms with van der Waals surface area (Å²) in [5.41, 5.74) is 6.14. The van der Waals surface area contributed by atoms with Gasteiger partial charge in [0, 0.05) is 12.6 Å². The molecule has 0 aliphatic heterocycles. The molecule has 0 fully saturated rings. The Bertz CT molecular complexity index is 604. The number of nitrogens with one attached hydrogen (secondary N) is 1. The molecule has 1 atom stereocenters. The van der Waals surface area contributed by atoms with Gasteiger partial charge in [-0.3, -0.25) is 4.79 Å². The Balaban J connectivity index is 2.66. The van der Waals surface area contributed by atoms with E-state index >= 15 is 0 Å². The summed E-state index contributed by atoms with van der Waals surface area (Å²) in [6, 6.07) is 4.79. The number of amides is 1. The van der Waals surface area contributed by atoms with Crippen LogP contribution in [0.15, 0.2) is 29.2 Å². The maximum atomic E-state index is 12.4. The van der Waals surface area contributed by atoms with Crippen LogP contribution in [0.2, 0.25) is 0 Å². The van der Waals surface area contributed by atoms with Gasteiger partial charge in [0.15, 0.2) is 0 Å². The van der Waals surface area contributed by atoms with Crippen molar-refractivity contribution in [1.29, 1.82) is 0 Å². The number of alkyl halides is 2. The summed E-state index contributed by atoms with van der Waals surface area (Å²) in [5, 5.41) is 2.81. The molecule has 1 aromatic rings. The van der Waals surface area contributed by atoms with Crippen molar-refractivity contribution in [2.24, 2.45) is 5.73 Å². The number of nitrogens with two attached hydrogens (primary N) is 1. The molecule has 0 aliphatic rings. The number of benzene rings is 1. The van der Waals surface area contributed by atoms with Crippen LogP contribution >= 0.6 is 0 Å². The minimum absolute atomic E-state index is 0.0393. The van der Waals surface area contributed by atoms with Gasteiger partial charge in [-0.25, -0.2) is 8.42 Å². The van der Waals surface area contributed by atoms with Crippen LogP contribution in [0.1, 0.15) is 31.7 Å². The molecule has 1 unspecified atom stereocenters. The second-order valence-corrected chi connectivity index (χ2v) is 7.19. The van der Waals surface area contributed by atoms with Crippen molar-refractivity contribution in [2.45, 2.75) is 49.3 Å². The zero-order valence-electron chi connectivity index (χ0n) is 13.0. The van der Waals surface area contributed by atoms with Gasteiger partial charge in [-0.05, 0) is 24.1 Å². The van der Waals surface area contributed by atoms with Crippen molar-refractivity contribution in [3.8, 4) is 0 Å². The predicted molar refractivity (Wildman–Crippen MR) is 83.8 cm³/mol. The number of rotatable bonds is 9. The van der Waals surface area contributed by atoms with Gasteiger partial charge in [0.1, 0.15) is 0 Å². The van der Waals surface area contributed by atoms with Gasteiger partial charge in [-0.1, -0.05) is 31.9 Å². The molecule has 0 saturated heterocycles. The highest BCUT2D eigenvalue weighted by molar-refractivity contribution is 7.91. The smallest absolute Gasteiger partial charge is 0.341 e. The minimum Gasteiger partial charge on any atom is -0.352 e. The quantitative estimate of drug-likeness (QED) is 0.713. The molecule has 0 heterocycles. The van der Waals surface area contributed by atoms with Crippen molar-refractivity contribution in [3.63, 3.8) is 0 Å². The van der Waals surface area contributed by atoms with Crippen molar-refractivity contribution in [3.05, 3.63) is 29.8 Å². The molecule has 5 nitrogen and oxygen atoms in total. The molecule has 0 bridgehead atoms. The standard InChI is InChI=1S/C15H22F2N2O3S/c1-2-3-4-12(10-18)19-14(20)9-11-5-7-13(8-6-11)23(21,22)15(16)17/h5-8,12,15H,2-4,9-10,18H2,1H3,(H,19,20). The first kappa shape index (κ1) is 19.5. The zero-order chi connectivity index (χ0) is 17.5. The molecular weight excluding hydrogens is 326 g/mol. The van der Waals surface area contributed by atoms with Crippen molar-refractivity contribution in [1.82, 2.24) is 5.32 Å². The van der Waals surface area contributed by atoms with E-state index in [1.165, 1.54) is 12.1 Å². The average Bonchev–Trinajstić information content (AvgIpc) is 2.51. The number of carbonyl (C=O) groups is 1. The monoisotopic (exact) mass is 348 g/mol. The lowest BCUT2D eigenvalue weighted by Gasteiger charge is -2.16. The normalized spacial score (nSPS) is 13.1. The summed E-state index contributed by atoms with van der Waals surface area (Å²) < 4.78 is 47.5. The SMILES string of the molecule is CCCCC(CN)NC(=O)Cc1ccc(S(=O)(=O)C(F)F)cc1. The lowest BCUT2D eigenvalue weighted by molar-refractivity contribution is -0.121. The Labute approximate surface area is 135 Å². The van der Waals surface area contributed by atoms with E-state index in [9.17, 15) is 22.0 Å². The first-order valence-electron chi connectivity index (χ1n) is 7.41. The van der Waals surface area contributed by atoms with E-state index in [1.54, 1.807) is 0 Å². The van der Waals surface area contributed by atoms with Crippen LogP contribution in [0, 0.1) is 0 Å². The first-order valence-corrected chi connectivity index (χ1v) is 8.96. The molecule has 1 rings (SSSR count). The van der Waals surface area contributed by atoms with Gasteiger partial charge in [0.25, 0.3) is 0 Å².